The van der Waals surface area contributed by atoms with Gasteiger partial charge >= 0.3 is 5.97 Å². The maximum Gasteiger partial charge on any atom is 0.329 e. The van der Waals surface area contributed by atoms with Crippen LogP contribution in [0.1, 0.15) is 45.7 Å². The van der Waals surface area contributed by atoms with Crippen molar-refractivity contribution in [1.82, 2.24) is 9.97 Å². The van der Waals surface area contributed by atoms with Gasteiger partial charge in [-0.05, 0) is 44.2 Å². The van der Waals surface area contributed by atoms with Crippen molar-refractivity contribution in [2.45, 2.75) is 46.1 Å². The molecule has 1 aliphatic rings. The zero-order chi connectivity index (χ0) is 19.6. The predicted molar refractivity (Wildman–Crippen MR) is 104 cm³/mol. The van der Waals surface area contributed by atoms with Crippen LogP contribution in [0, 0.1) is 23.2 Å². The van der Waals surface area contributed by atoms with E-state index < -0.39 is 11.9 Å². The van der Waals surface area contributed by atoms with E-state index in [1.54, 1.807) is 13.8 Å². The van der Waals surface area contributed by atoms with E-state index in [2.05, 4.69) is 29.8 Å². The van der Waals surface area contributed by atoms with Crippen molar-refractivity contribution >= 4 is 22.8 Å². The van der Waals surface area contributed by atoms with Crippen LogP contribution in [0.15, 0.2) is 24.3 Å². The second-order valence-corrected chi connectivity index (χ2v) is 7.82. The molecular formula is C21H26N4O2. The molecule has 27 heavy (non-hydrogen) atoms. The molecule has 0 spiro atoms. The van der Waals surface area contributed by atoms with E-state index in [1.807, 2.05) is 24.3 Å². The zero-order valence-electron chi connectivity index (χ0n) is 16.3. The molecule has 2 aromatic rings. The lowest BCUT2D eigenvalue weighted by Gasteiger charge is -2.36. The number of piperidine rings is 1. The first-order valence-corrected chi connectivity index (χ1v) is 9.50. The minimum Gasteiger partial charge on any atom is -0.462 e. The van der Waals surface area contributed by atoms with Crippen molar-refractivity contribution in [3.8, 4) is 6.07 Å². The Morgan fingerprint density at radius 3 is 2.33 bits per heavy atom. The van der Waals surface area contributed by atoms with Crippen LogP contribution in [0.25, 0.3) is 11.0 Å². The van der Waals surface area contributed by atoms with Gasteiger partial charge in [-0.3, -0.25) is 4.79 Å². The molecule has 2 heterocycles. The number of carbonyl (C=O) groups excluding carboxylic acids is 1. The van der Waals surface area contributed by atoms with Gasteiger partial charge in [0.25, 0.3) is 0 Å². The average molecular weight is 366 g/mol. The van der Waals surface area contributed by atoms with E-state index in [-0.39, 0.29) is 6.10 Å². The summed E-state index contributed by atoms with van der Waals surface area (Å²) in [5, 5.41) is 9.72. The first-order chi connectivity index (χ1) is 12.9. The van der Waals surface area contributed by atoms with E-state index in [4.69, 9.17) is 9.72 Å². The monoisotopic (exact) mass is 366 g/mol. The number of nitrogens with zero attached hydrogens (tertiary/aromatic N) is 4. The van der Waals surface area contributed by atoms with Crippen LogP contribution >= 0.6 is 0 Å². The van der Waals surface area contributed by atoms with Gasteiger partial charge in [-0.25, -0.2) is 9.97 Å². The highest BCUT2D eigenvalue weighted by molar-refractivity contribution is 5.85. The lowest BCUT2D eigenvalue weighted by molar-refractivity contribution is -0.147. The number of fused-ring (bicyclic) bond motifs is 1. The standard InChI is InChI=1S/C21H26N4O2/c1-13(2)27-21(26)16(10-22)19-20(25-11-14(3)9-15(4)12-25)24-18-8-6-5-7-17(18)23-19/h5-8,13-16H,9,11-12H2,1-4H3. The molecule has 1 aromatic carbocycles. The fourth-order valence-electron chi connectivity index (χ4n) is 3.79. The SMILES string of the molecule is CC1CC(C)CN(c2nc3ccccc3nc2C(C#N)C(=O)OC(C)C)C1. The molecule has 3 unspecified atom stereocenters. The normalized spacial score (nSPS) is 21.1. The first-order valence-electron chi connectivity index (χ1n) is 9.50. The number of nitriles is 1. The number of aromatic nitrogens is 2. The molecule has 0 radical (unpaired) electrons. The third kappa shape index (κ3) is 4.19. The van der Waals surface area contributed by atoms with Gasteiger partial charge in [-0.2, -0.15) is 5.26 Å². The number of hydrogen-bond donors (Lipinski definition) is 0. The Morgan fingerprint density at radius 2 is 1.78 bits per heavy atom. The van der Waals surface area contributed by atoms with Crippen molar-refractivity contribution in [1.29, 1.82) is 5.26 Å². The summed E-state index contributed by atoms with van der Waals surface area (Å²) in [6.45, 7) is 9.64. The molecule has 0 amide bonds. The second kappa shape index (κ2) is 7.91. The summed E-state index contributed by atoms with van der Waals surface area (Å²) in [5.41, 5.74) is 1.83. The van der Waals surface area contributed by atoms with Crippen molar-refractivity contribution in [2.24, 2.45) is 11.8 Å². The highest BCUT2D eigenvalue weighted by Gasteiger charge is 2.32. The van der Waals surface area contributed by atoms with E-state index in [0.29, 0.717) is 28.9 Å². The lowest BCUT2D eigenvalue weighted by atomic mass is 9.91. The molecule has 1 aliphatic heterocycles. The summed E-state index contributed by atoms with van der Waals surface area (Å²) in [7, 11) is 0. The molecule has 0 aliphatic carbocycles. The van der Waals surface area contributed by atoms with Crippen LogP contribution in [-0.4, -0.2) is 35.1 Å². The number of rotatable bonds is 4. The van der Waals surface area contributed by atoms with E-state index in [1.165, 1.54) is 0 Å². The Balaban J connectivity index is 2.11. The smallest absolute Gasteiger partial charge is 0.329 e. The summed E-state index contributed by atoms with van der Waals surface area (Å²) in [6, 6.07) is 9.62. The third-order valence-corrected chi connectivity index (χ3v) is 4.74. The Bertz CT molecular complexity index is 864. The predicted octanol–water partition coefficient (Wildman–Crippen LogP) is 3.67. The van der Waals surface area contributed by atoms with E-state index in [0.717, 1.165) is 25.0 Å². The number of anilines is 1. The number of carbonyl (C=O) groups is 1. The molecule has 0 bridgehead atoms. The van der Waals surface area contributed by atoms with Crippen LogP contribution in [0.4, 0.5) is 5.82 Å². The van der Waals surface area contributed by atoms with Gasteiger partial charge in [-0.15, -0.1) is 0 Å². The Morgan fingerprint density at radius 1 is 1.19 bits per heavy atom. The maximum absolute atomic E-state index is 12.6. The number of esters is 1. The molecule has 3 atom stereocenters. The van der Waals surface area contributed by atoms with Crippen LogP contribution in [0.3, 0.4) is 0 Å². The van der Waals surface area contributed by atoms with Crippen molar-refractivity contribution < 1.29 is 9.53 Å². The van der Waals surface area contributed by atoms with Crippen LogP contribution in [0.2, 0.25) is 0 Å². The Hall–Kier alpha value is -2.68. The zero-order valence-corrected chi connectivity index (χ0v) is 16.3. The summed E-state index contributed by atoms with van der Waals surface area (Å²) in [6.07, 6.45) is 0.865. The molecule has 6 heteroatoms. The summed E-state index contributed by atoms with van der Waals surface area (Å²) >= 11 is 0. The number of benzene rings is 1. The highest BCUT2D eigenvalue weighted by atomic mass is 16.5. The lowest BCUT2D eigenvalue weighted by Crippen LogP contribution is -2.40. The van der Waals surface area contributed by atoms with E-state index >= 15 is 0 Å². The summed E-state index contributed by atoms with van der Waals surface area (Å²) in [4.78, 5) is 24.2. The third-order valence-electron chi connectivity index (χ3n) is 4.74. The topological polar surface area (TPSA) is 79.1 Å². The van der Waals surface area contributed by atoms with Gasteiger partial charge in [0, 0.05) is 13.1 Å². The van der Waals surface area contributed by atoms with Gasteiger partial charge in [0.2, 0.25) is 0 Å². The molecule has 142 valence electrons. The summed E-state index contributed by atoms with van der Waals surface area (Å²) in [5.74, 6) is -0.0149. The second-order valence-electron chi connectivity index (χ2n) is 7.82. The molecule has 1 aromatic heterocycles. The van der Waals surface area contributed by atoms with Crippen LogP contribution in [-0.2, 0) is 9.53 Å². The molecular weight excluding hydrogens is 340 g/mol. The van der Waals surface area contributed by atoms with Crippen LogP contribution < -0.4 is 4.90 Å². The number of hydrogen-bond acceptors (Lipinski definition) is 6. The quantitative estimate of drug-likeness (QED) is 0.768. The number of ether oxygens (including phenoxy) is 1. The minimum atomic E-state index is -1.09. The fourth-order valence-corrected chi connectivity index (χ4v) is 3.79. The van der Waals surface area contributed by atoms with Gasteiger partial charge < -0.3 is 9.64 Å². The first kappa shape index (κ1) is 19.1. The van der Waals surface area contributed by atoms with Crippen molar-refractivity contribution in [3.63, 3.8) is 0 Å². The Labute approximate surface area is 160 Å². The molecule has 6 nitrogen and oxygen atoms in total. The van der Waals surface area contributed by atoms with Gasteiger partial charge in [-0.1, -0.05) is 26.0 Å². The minimum absolute atomic E-state index is 0.291. The maximum atomic E-state index is 12.6. The fraction of sp³-hybridized carbons (Fsp3) is 0.524. The highest BCUT2D eigenvalue weighted by Crippen LogP contribution is 2.32. The molecule has 0 saturated carbocycles. The van der Waals surface area contributed by atoms with Crippen molar-refractivity contribution in [3.05, 3.63) is 30.0 Å². The van der Waals surface area contributed by atoms with Gasteiger partial charge in [0.1, 0.15) is 5.69 Å². The molecule has 3 rings (SSSR count). The average Bonchev–Trinajstić information content (AvgIpc) is 2.60. The van der Waals surface area contributed by atoms with Crippen molar-refractivity contribution in [2.75, 3.05) is 18.0 Å². The Kier molecular flexibility index (Phi) is 5.59. The molecule has 0 N–H and O–H groups in total. The van der Waals surface area contributed by atoms with Gasteiger partial charge in [0.05, 0.1) is 23.2 Å². The molecule has 1 fully saturated rings. The summed E-state index contributed by atoms with van der Waals surface area (Å²) < 4.78 is 5.31. The van der Waals surface area contributed by atoms with E-state index in [9.17, 15) is 10.1 Å². The van der Waals surface area contributed by atoms with Crippen LogP contribution in [0.5, 0.6) is 0 Å². The number of para-hydroxylation sites is 2. The molecule has 1 saturated heterocycles. The largest absolute Gasteiger partial charge is 0.462 e. The van der Waals surface area contributed by atoms with Gasteiger partial charge in [0.15, 0.2) is 11.7 Å².